The highest BCUT2D eigenvalue weighted by molar-refractivity contribution is 6.32. The Morgan fingerprint density at radius 2 is 1.92 bits per heavy atom. The van der Waals surface area contributed by atoms with E-state index < -0.39 is 0 Å². The fourth-order valence-electron chi connectivity index (χ4n) is 0.635. The Morgan fingerprint density at radius 1 is 1.23 bits per heavy atom. The number of aromatic nitrogens is 1. The Morgan fingerprint density at radius 3 is 2.54 bits per heavy atom. The second-order valence-corrected chi connectivity index (χ2v) is 2.26. The standard InChI is InChI=1S/C5H2ClN7/c6-3-1-2-4(10-12-7)9-5(3)11-13-8/h1-2H. The number of pyridine rings is 1. The van der Waals surface area contributed by atoms with Crippen LogP contribution in [-0.2, 0) is 0 Å². The van der Waals surface area contributed by atoms with E-state index in [1.807, 2.05) is 0 Å². The molecule has 1 aromatic rings. The summed E-state index contributed by atoms with van der Waals surface area (Å²) in [7, 11) is 0. The lowest BCUT2D eigenvalue weighted by Crippen LogP contribution is -1.74. The molecule has 0 radical (unpaired) electrons. The Balaban J connectivity index is 3.25. The van der Waals surface area contributed by atoms with E-state index in [0.717, 1.165) is 0 Å². The fourth-order valence-corrected chi connectivity index (χ4v) is 0.778. The maximum absolute atomic E-state index is 8.12. The van der Waals surface area contributed by atoms with Gasteiger partial charge in [-0.05, 0) is 33.4 Å². The van der Waals surface area contributed by atoms with Crippen molar-refractivity contribution in [1.29, 1.82) is 0 Å². The third kappa shape index (κ3) is 2.25. The average Bonchev–Trinajstić information content (AvgIpc) is 2.12. The fraction of sp³-hybridized carbons (Fsp3) is 0. The predicted molar refractivity (Wildman–Crippen MR) is 46.9 cm³/mol. The summed E-state index contributed by atoms with van der Waals surface area (Å²) in [5.74, 6) is 0.100. The number of hydrogen-bond acceptors (Lipinski definition) is 3. The third-order valence-electron chi connectivity index (χ3n) is 1.10. The molecule has 0 fully saturated rings. The summed E-state index contributed by atoms with van der Waals surface area (Å²) in [6.07, 6.45) is 0. The third-order valence-corrected chi connectivity index (χ3v) is 1.39. The van der Waals surface area contributed by atoms with Gasteiger partial charge in [-0.25, -0.2) is 4.98 Å². The van der Waals surface area contributed by atoms with Crippen molar-refractivity contribution in [2.75, 3.05) is 0 Å². The minimum absolute atomic E-state index is 0.00549. The molecule has 13 heavy (non-hydrogen) atoms. The maximum atomic E-state index is 8.12. The number of rotatable bonds is 2. The van der Waals surface area contributed by atoms with E-state index in [1.54, 1.807) is 0 Å². The maximum Gasteiger partial charge on any atom is 0.145 e. The van der Waals surface area contributed by atoms with Crippen LogP contribution in [0.4, 0.5) is 11.6 Å². The van der Waals surface area contributed by atoms with Crippen LogP contribution in [0.5, 0.6) is 0 Å². The van der Waals surface area contributed by atoms with Gasteiger partial charge in [0, 0.05) is 9.82 Å². The summed E-state index contributed by atoms with van der Waals surface area (Å²) >= 11 is 5.61. The SMILES string of the molecule is [N-]=[N+]=Nc1ccc(Cl)c(N=[N+]=[N-])n1. The highest BCUT2D eigenvalue weighted by atomic mass is 35.5. The zero-order valence-corrected chi connectivity index (χ0v) is 6.92. The van der Waals surface area contributed by atoms with Crippen LogP contribution in [0.1, 0.15) is 0 Å². The summed E-state index contributed by atoms with van der Waals surface area (Å²) in [6, 6.07) is 2.85. The molecular weight excluding hydrogens is 194 g/mol. The molecule has 0 amide bonds. The number of nitrogens with zero attached hydrogens (tertiary/aromatic N) is 7. The molecule has 0 aliphatic rings. The molecule has 1 rings (SSSR count). The lowest BCUT2D eigenvalue weighted by Gasteiger charge is -1.95. The Hall–Kier alpha value is -1.94. The first-order valence-electron chi connectivity index (χ1n) is 3.04. The van der Waals surface area contributed by atoms with Gasteiger partial charge in [-0.1, -0.05) is 11.6 Å². The van der Waals surface area contributed by atoms with Crippen molar-refractivity contribution in [3.8, 4) is 0 Å². The summed E-state index contributed by atoms with van der Waals surface area (Å²) in [5.41, 5.74) is 16.2. The van der Waals surface area contributed by atoms with Gasteiger partial charge in [0.15, 0.2) is 0 Å². The minimum atomic E-state index is -0.00549. The van der Waals surface area contributed by atoms with E-state index >= 15 is 0 Å². The first kappa shape index (κ1) is 9.15. The molecule has 0 bridgehead atoms. The highest BCUT2D eigenvalue weighted by Crippen LogP contribution is 2.25. The second kappa shape index (κ2) is 4.18. The van der Waals surface area contributed by atoms with Crippen LogP contribution in [0.15, 0.2) is 22.4 Å². The van der Waals surface area contributed by atoms with E-state index in [1.165, 1.54) is 12.1 Å². The molecule has 0 N–H and O–H groups in total. The molecule has 7 nitrogen and oxygen atoms in total. The van der Waals surface area contributed by atoms with Crippen LogP contribution in [0, 0.1) is 0 Å². The Kier molecular flexibility index (Phi) is 2.94. The van der Waals surface area contributed by atoms with E-state index in [4.69, 9.17) is 22.7 Å². The molecule has 0 spiro atoms. The van der Waals surface area contributed by atoms with E-state index in [2.05, 4.69) is 25.0 Å². The van der Waals surface area contributed by atoms with E-state index in [9.17, 15) is 0 Å². The quantitative estimate of drug-likeness (QED) is 0.401. The zero-order chi connectivity index (χ0) is 9.68. The van der Waals surface area contributed by atoms with Gasteiger partial charge in [0.2, 0.25) is 0 Å². The van der Waals surface area contributed by atoms with Crippen molar-refractivity contribution >= 4 is 23.2 Å². The first-order valence-corrected chi connectivity index (χ1v) is 3.42. The van der Waals surface area contributed by atoms with Crippen LogP contribution >= 0.6 is 11.6 Å². The highest BCUT2D eigenvalue weighted by Gasteiger charge is 1.99. The van der Waals surface area contributed by atoms with E-state index in [0.29, 0.717) is 0 Å². The smallest absolute Gasteiger partial charge is 0.145 e. The average molecular weight is 196 g/mol. The van der Waals surface area contributed by atoms with Gasteiger partial charge in [-0.2, -0.15) is 0 Å². The topological polar surface area (TPSA) is 110 Å². The van der Waals surface area contributed by atoms with Crippen molar-refractivity contribution in [3.63, 3.8) is 0 Å². The molecule has 0 aliphatic heterocycles. The van der Waals surface area contributed by atoms with Crippen molar-refractivity contribution in [1.82, 2.24) is 4.98 Å². The Labute approximate surface area is 77.2 Å². The number of azide groups is 2. The molecule has 1 aromatic heterocycles. The monoisotopic (exact) mass is 195 g/mol. The van der Waals surface area contributed by atoms with E-state index in [-0.39, 0.29) is 16.7 Å². The van der Waals surface area contributed by atoms with Crippen LogP contribution in [0.25, 0.3) is 20.9 Å². The van der Waals surface area contributed by atoms with Gasteiger partial charge in [-0.15, -0.1) is 0 Å². The summed E-state index contributed by atoms with van der Waals surface area (Å²) in [6.45, 7) is 0. The van der Waals surface area contributed by atoms with Crippen LogP contribution < -0.4 is 0 Å². The molecule has 0 atom stereocenters. The van der Waals surface area contributed by atoms with Gasteiger partial charge in [0.05, 0.1) is 5.02 Å². The number of hydrogen-bond donors (Lipinski definition) is 0. The normalized spacial score (nSPS) is 8.38. The zero-order valence-electron chi connectivity index (χ0n) is 6.16. The van der Waals surface area contributed by atoms with Crippen LogP contribution in [-0.4, -0.2) is 4.98 Å². The molecule has 64 valence electrons. The number of halogens is 1. The van der Waals surface area contributed by atoms with Crippen molar-refractivity contribution in [3.05, 3.63) is 38.0 Å². The van der Waals surface area contributed by atoms with Gasteiger partial charge >= 0.3 is 0 Å². The van der Waals surface area contributed by atoms with Crippen LogP contribution in [0.2, 0.25) is 5.02 Å². The molecule has 0 saturated heterocycles. The van der Waals surface area contributed by atoms with Gasteiger partial charge < -0.3 is 0 Å². The van der Waals surface area contributed by atoms with Crippen LogP contribution in [0.3, 0.4) is 0 Å². The van der Waals surface area contributed by atoms with Gasteiger partial charge in [0.1, 0.15) is 11.6 Å². The predicted octanol–water partition coefficient (Wildman–Crippen LogP) is 3.62. The molecule has 0 unspecified atom stereocenters. The molecule has 0 saturated carbocycles. The largest absolute Gasteiger partial charge is 0.243 e. The Bertz CT molecular complexity index is 415. The van der Waals surface area contributed by atoms with Crippen molar-refractivity contribution < 1.29 is 0 Å². The van der Waals surface area contributed by atoms with Crippen molar-refractivity contribution in [2.24, 2.45) is 10.2 Å². The van der Waals surface area contributed by atoms with Gasteiger partial charge in [-0.3, -0.25) is 0 Å². The lowest BCUT2D eigenvalue weighted by molar-refractivity contribution is 1.22. The molecular formula is C5H2ClN7. The second-order valence-electron chi connectivity index (χ2n) is 1.85. The van der Waals surface area contributed by atoms with Gasteiger partial charge in [0.25, 0.3) is 0 Å². The summed E-state index contributed by atoms with van der Waals surface area (Å²) in [4.78, 5) is 8.71. The molecule has 0 aromatic carbocycles. The lowest BCUT2D eigenvalue weighted by atomic mass is 10.4. The first-order chi connectivity index (χ1) is 6.27. The summed E-state index contributed by atoms with van der Waals surface area (Å²) in [5, 5.41) is 6.62. The molecule has 1 heterocycles. The molecule has 0 aliphatic carbocycles. The van der Waals surface area contributed by atoms with Crippen molar-refractivity contribution in [2.45, 2.75) is 0 Å². The summed E-state index contributed by atoms with van der Waals surface area (Å²) < 4.78 is 0. The minimum Gasteiger partial charge on any atom is -0.243 e. The molecule has 8 heteroatoms.